The average molecular weight is 343 g/mol. The quantitative estimate of drug-likeness (QED) is 0.264. The Morgan fingerprint density at radius 1 is 0.727 bits per heavy atom. The molecule has 0 fully saturated rings. The summed E-state index contributed by atoms with van der Waals surface area (Å²) in [7, 11) is 0. The summed E-state index contributed by atoms with van der Waals surface area (Å²) in [6.45, 7) is 4.66. The Morgan fingerprint density at radius 2 is 1.14 bits per heavy atom. The van der Waals surface area contributed by atoms with Gasteiger partial charge in [-0.15, -0.1) is 0 Å². The molecule has 0 radical (unpaired) electrons. The van der Waals surface area contributed by atoms with Gasteiger partial charge < -0.3 is 10.2 Å². The second-order valence-electron chi connectivity index (χ2n) is 5.85. The van der Waals surface area contributed by atoms with Crippen molar-refractivity contribution in [2.24, 2.45) is 0 Å². The van der Waals surface area contributed by atoms with Gasteiger partial charge in [0.15, 0.2) is 0 Å². The van der Waals surface area contributed by atoms with Crippen molar-refractivity contribution in [1.82, 2.24) is 0 Å². The molecule has 4 nitrogen and oxygen atoms in total. The summed E-state index contributed by atoms with van der Waals surface area (Å²) in [5, 5.41) is 15.4. The first-order chi connectivity index (χ1) is 10.5. The maximum atomic E-state index is 9.43. The van der Waals surface area contributed by atoms with Crippen LogP contribution in [0.3, 0.4) is 0 Å². The van der Waals surface area contributed by atoms with Crippen molar-refractivity contribution in [3.05, 3.63) is 0 Å². The van der Waals surface area contributed by atoms with E-state index in [1.54, 1.807) is 11.5 Å². The molecule has 0 aliphatic heterocycles. The van der Waals surface area contributed by atoms with Crippen molar-refractivity contribution in [2.45, 2.75) is 89.5 Å². The number of rotatable bonds is 14. The largest absolute Gasteiger partial charge is 0.481 e. The van der Waals surface area contributed by atoms with Crippen LogP contribution >= 0.6 is 0 Å². The molecule has 0 aromatic rings. The molecule has 0 rings (SSSR count). The SMILES string of the molecule is CCCCCCCCCCC[CH2][Ca][CH2]C.O=C(O)CC(=O)O. The number of carboxylic acid groups (broad SMARTS) is 2. The van der Waals surface area contributed by atoms with E-state index in [1.807, 2.05) is 0 Å². The summed E-state index contributed by atoms with van der Waals surface area (Å²) >= 11 is -0.00752. The standard InChI is InChI=1S/C12H25.C3H4O4.C2H5.Ca/c1-3-5-7-9-11-12-10-8-6-4-2;4-2(5)1-3(6)7;1-2;/h1,3-12H2,2H3;1H2,(H,4,5)(H,6,7);1H2,2H3;. The predicted molar refractivity (Wildman–Crippen MR) is 92.8 cm³/mol. The fraction of sp³-hybridized carbons (Fsp3) is 0.882. The molecule has 0 heterocycles. The fourth-order valence-corrected chi connectivity index (χ4v) is 4.11. The Bertz CT molecular complexity index is 233. The summed E-state index contributed by atoms with van der Waals surface area (Å²) in [6, 6.07) is 0. The number of hydrogen-bond donors (Lipinski definition) is 2. The first-order valence-electron chi connectivity index (χ1n) is 8.98. The Hall–Kier alpha value is 0.200. The Kier molecular flexibility index (Phi) is 23.6. The molecule has 0 atom stereocenters. The van der Waals surface area contributed by atoms with Crippen LogP contribution < -0.4 is 0 Å². The minimum absolute atomic E-state index is 0.00752. The molecule has 0 spiro atoms. The number of carboxylic acids is 2. The van der Waals surface area contributed by atoms with Crippen LogP contribution in [0.4, 0.5) is 0 Å². The topological polar surface area (TPSA) is 74.6 Å². The zero-order valence-electron chi connectivity index (χ0n) is 14.6. The monoisotopic (exact) mass is 342 g/mol. The van der Waals surface area contributed by atoms with Gasteiger partial charge in [0.25, 0.3) is 0 Å². The fourth-order valence-electron chi connectivity index (χ4n) is 2.22. The molecule has 0 unspecified atom stereocenters. The Labute approximate surface area is 154 Å². The van der Waals surface area contributed by atoms with Crippen molar-refractivity contribution in [2.75, 3.05) is 0 Å². The van der Waals surface area contributed by atoms with Gasteiger partial charge in [-0.05, 0) is 0 Å². The zero-order chi connectivity index (χ0) is 17.1. The van der Waals surface area contributed by atoms with Gasteiger partial charge in [-0.3, -0.25) is 9.59 Å². The van der Waals surface area contributed by atoms with Crippen molar-refractivity contribution in [1.29, 1.82) is 0 Å². The van der Waals surface area contributed by atoms with E-state index < -0.39 is 18.4 Å². The molecular formula is C17H34CaO4. The van der Waals surface area contributed by atoms with E-state index in [0.717, 1.165) is 0 Å². The third-order valence-corrected chi connectivity index (χ3v) is 6.18. The molecule has 5 heteroatoms. The number of unbranched alkanes of at least 4 members (excludes halogenated alkanes) is 9. The van der Waals surface area contributed by atoms with Gasteiger partial charge in [0.05, 0.1) is 0 Å². The Balaban J connectivity index is 0. The minimum atomic E-state index is -1.31. The van der Waals surface area contributed by atoms with Crippen LogP contribution in [0.5, 0.6) is 0 Å². The predicted octanol–water partition coefficient (Wildman–Crippen LogP) is 5.01. The van der Waals surface area contributed by atoms with Crippen molar-refractivity contribution < 1.29 is 19.8 Å². The summed E-state index contributed by atoms with van der Waals surface area (Å²) in [4.78, 5) is 18.9. The molecule has 22 heavy (non-hydrogen) atoms. The molecule has 0 saturated heterocycles. The molecule has 0 bridgehead atoms. The molecule has 0 aromatic carbocycles. The molecule has 128 valence electrons. The van der Waals surface area contributed by atoms with Crippen LogP contribution in [0.2, 0.25) is 5.04 Å². The number of carbonyl (C=O) groups is 2. The van der Waals surface area contributed by atoms with E-state index in [0.29, 0.717) is 0 Å². The van der Waals surface area contributed by atoms with E-state index in [-0.39, 0.29) is 33.8 Å². The van der Waals surface area contributed by atoms with E-state index in [1.165, 1.54) is 57.8 Å². The van der Waals surface area contributed by atoms with Gasteiger partial charge in [0.1, 0.15) is 6.42 Å². The molecule has 0 amide bonds. The van der Waals surface area contributed by atoms with Crippen molar-refractivity contribution in [3.8, 4) is 0 Å². The molecular weight excluding hydrogens is 308 g/mol. The van der Waals surface area contributed by atoms with Gasteiger partial charge in [-0.25, -0.2) is 0 Å². The van der Waals surface area contributed by atoms with Crippen LogP contribution in [-0.4, -0.2) is 56.0 Å². The molecule has 0 aliphatic rings. The minimum Gasteiger partial charge on any atom is -0.481 e. The number of hydrogen-bond acceptors (Lipinski definition) is 2. The van der Waals surface area contributed by atoms with Gasteiger partial charge >= 0.3 is 129 Å². The van der Waals surface area contributed by atoms with E-state index in [9.17, 15) is 9.59 Å². The second-order valence-corrected chi connectivity index (χ2v) is 9.62. The first kappa shape index (κ1) is 24.5. The maximum absolute atomic E-state index is 9.43. The summed E-state index contributed by atoms with van der Waals surface area (Å²) in [5.74, 6) is -2.62. The van der Waals surface area contributed by atoms with Crippen molar-refractivity contribution >= 4 is 45.8 Å². The molecule has 0 saturated carbocycles. The average Bonchev–Trinajstić information content (AvgIpc) is 2.44. The third-order valence-electron chi connectivity index (χ3n) is 3.51. The summed E-state index contributed by atoms with van der Waals surface area (Å²) < 4.78 is 3.21. The van der Waals surface area contributed by atoms with Crippen LogP contribution in [0.1, 0.15) is 84.5 Å². The Morgan fingerprint density at radius 3 is 1.45 bits per heavy atom. The maximum Gasteiger partial charge on any atom is 0.314 e. The molecule has 2 N–H and O–H groups in total. The summed E-state index contributed by atoms with van der Waals surface area (Å²) in [6.07, 6.45) is 14.1. The van der Waals surface area contributed by atoms with Crippen LogP contribution in [0, 0.1) is 0 Å². The van der Waals surface area contributed by atoms with Crippen molar-refractivity contribution in [3.63, 3.8) is 0 Å². The number of aliphatic carboxylic acids is 2. The van der Waals surface area contributed by atoms with E-state index in [2.05, 4.69) is 13.8 Å². The van der Waals surface area contributed by atoms with Gasteiger partial charge in [0, 0.05) is 0 Å². The van der Waals surface area contributed by atoms with Gasteiger partial charge in [-0.1, -0.05) is 0 Å². The molecule has 0 aliphatic carbocycles. The van der Waals surface area contributed by atoms with Crippen LogP contribution in [-0.2, 0) is 9.59 Å². The molecule has 0 aromatic heterocycles. The van der Waals surface area contributed by atoms with Gasteiger partial charge in [0.2, 0.25) is 0 Å². The normalized spacial score (nSPS) is 9.55. The van der Waals surface area contributed by atoms with E-state index in [4.69, 9.17) is 10.2 Å². The van der Waals surface area contributed by atoms with Gasteiger partial charge in [-0.2, -0.15) is 0 Å². The van der Waals surface area contributed by atoms with Crippen LogP contribution in [0.15, 0.2) is 0 Å². The van der Waals surface area contributed by atoms with Crippen LogP contribution in [0.25, 0.3) is 0 Å². The zero-order valence-corrected chi connectivity index (χ0v) is 16.8. The second kappa shape index (κ2) is 21.2. The van der Waals surface area contributed by atoms with E-state index >= 15 is 0 Å². The summed E-state index contributed by atoms with van der Waals surface area (Å²) in [5.41, 5.74) is 0. The smallest absolute Gasteiger partial charge is 0.314 e. The first-order valence-corrected chi connectivity index (χ1v) is 12.1. The third kappa shape index (κ3) is 28.4.